The minimum absolute atomic E-state index is 0.408. The highest BCUT2D eigenvalue weighted by atomic mass is 16.3. The number of hydrogen-bond acceptors (Lipinski definition) is 3. The first-order valence-corrected chi connectivity index (χ1v) is 8.52. The van der Waals surface area contributed by atoms with Crippen LogP contribution in [-0.4, -0.2) is 48.8 Å². The first-order chi connectivity index (χ1) is 9.43. The number of nitrogens with one attached hydrogen (secondary N) is 1. The summed E-state index contributed by atoms with van der Waals surface area (Å²) < 4.78 is 0. The molecule has 2 aliphatic rings. The molecule has 20 heavy (non-hydrogen) atoms. The zero-order valence-corrected chi connectivity index (χ0v) is 13.9. The number of nitrogens with zero attached hydrogens (tertiary/aromatic N) is 1. The molecule has 0 radical (unpaired) electrons. The molecule has 0 heterocycles. The van der Waals surface area contributed by atoms with E-state index in [0.29, 0.717) is 12.0 Å². The minimum atomic E-state index is -0.408. The average molecular weight is 282 g/mol. The summed E-state index contributed by atoms with van der Waals surface area (Å²) >= 11 is 0. The lowest BCUT2D eigenvalue weighted by Gasteiger charge is -2.42. The van der Waals surface area contributed by atoms with Gasteiger partial charge in [-0.3, -0.25) is 0 Å². The molecule has 0 aliphatic heterocycles. The standard InChI is InChI=1S/C17H34N2O/c1-13-9-14(2)15(16(10-13)18-3)11-19(4)12-17(20)7-5-6-8-17/h13-16,18,20H,5-12H2,1-4H3. The third-order valence-corrected chi connectivity index (χ3v) is 5.67. The zero-order valence-electron chi connectivity index (χ0n) is 13.9. The Morgan fingerprint density at radius 1 is 1.20 bits per heavy atom. The predicted octanol–water partition coefficient (Wildman–Crippen LogP) is 2.49. The quantitative estimate of drug-likeness (QED) is 0.813. The minimum Gasteiger partial charge on any atom is -0.389 e. The molecule has 0 saturated heterocycles. The van der Waals surface area contributed by atoms with Crippen LogP contribution in [0.15, 0.2) is 0 Å². The fourth-order valence-corrected chi connectivity index (χ4v) is 4.67. The first kappa shape index (κ1) is 16.3. The van der Waals surface area contributed by atoms with Crippen molar-refractivity contribution in [1.82, 2.24) is 10.2 Å². The summed E-state index contributed by atoms with van der Waals surface area (Å²) in [5.74, 6) is 2.33. The third-order valence-electron chi connectivity index (χ3n) is 5.67. The lowest BCUT2D eigenvalue weighted by atomic mass is 9.72. The number of likely N-dealkylation sites (N-methyl/N-ethyl adjacent to an activating group) is 1. The van der Waals surface area contributed by atoms with Crippen molar-refractivity contribution in [3.05, 3.63) is 0 Å². The molecule has 0 bridgehead atoms. The molecular weight excluding hydrogens is 248 g/mol. The molecule has 2 rings (SSSR count). The second kappa shape index (κ2) is 6.76. The summed E-state index contributed by atoms with van der Waals surface area (Å²) in [4.78, 5) is 2.38. The molecule has 4 unspecified atom stereocenters. The summed E-state index contributed by atoms with van der Waals surface area (Å²) in [5, 5.41) is 14.1. The SMILES string of the molecule is CNC1CC(C)CC(C)C1CN(C)CC1(O)CCCC1. The zero-order chi connectivity index (χ0) is 14.8. The van der Waals surface area contributed by atoms with Crippen LogP contribution in [0.4, 0.5) is 0 Å². The molecule has 3 nitrogen and oxygen atoms in total. The molecule has 118 valence electrons. The molecule has 2 aliphatic carbocycles. The van der Waals surface area contributed by atoms with E-state index in [-0.39, 0.29) is 0 Å². The summed E-state index contributed by atoms with van der Waals surface area (Å²) in [5.41, 5.74) is -0.408. The molecule has 0 aromatic carbocycles. The van der Waals surface area contributed by atoms with E-state index in [1.807, 2.05) is 0 Å². The Balaban J connectivity index is 1.89. The van der Waals surface area contributed by atoms with E-state index >= 15 is 0 Å². The van der Waals surface area contributed by atoms with Crippen LogP contribution >= 0.6 is 0 Å². The van der Waals surface area contributed by atoms with Crippen molar-refractivity contribution < 1.29 is 5.11 Å². The second-order valence-electron chi connectivity index (χ2n) is 7.74. The first-order valence-electron chi connectivity index (χ1n) is 8.52. The summed E-state index contributed by atoms with van der Waals surface area (Å²) in [6.45, 7) is 6.74. The predicted molar refractivity (Wildman–Crippen MR) is 84.8 cm³/mol. The molecule has 4 atom stereocenters. The van der Waals surface area contributed by atoms with Gasteiger partial charge in [0, 0.05) is 19.1 Å². The Morgan fingerprint density at radius 3 is 2.45 bits per heavy atom. The maximum Gasteiger partial charge on any atom is 0.0774 e. The fourth-order valence-electron chi connectivity index (χ4n) is 4.67. The maximum atomic E-state index is 10.6. The van der Waals surface area contributed by atoms with E-state index in [9.17, 15) is 5.11 Å². The van der Waals surface area contributed by atoms with Crippen molar-refractivity contribution in [1.29, 1.82) is 0 Å². The smallest absolute Gasteiger partial charge is 0.0774 e. The van der Waals surface area contributed by atoms with Crippen LogP contribution in [0.25, 0.3) is 0 Å². The van der Waals surface area contributed by atoms with E-state index in [4.69, 9.17) is 0 Å². The van der Waals surface area contributed by atoms with Crippen LogP contribution in [0.2, 0.25) is 0 Å². The van der Waals surface area contributed by atoms with E-state index in [1.54, 1.807) is 0 Å². The lowest BCUT2D eigenvalue weighted by molar-refractivity contribution is 0.00475. The van der Waals surface area contributed by atoms with Crippen molar-refractivity contribution in [3.8, 4) is 0 Å². The van der Waals surface area contributed by atoms with E-state index in [0.717, 1.165) is 37.8 Å². The van der Waals surface area contributed by atoms with Crippen molar-refractivity contribution in [2.45, 2.75) is 64.0 Å². The molecular formula is C17H34N2O. The van der Waals surface area contributed by atoms with Crippen LogP contribution in [0.1, 0.15) is 52.4 Å². The van der Waals surface area contributed by atoms with Gasteiger partial charge in [-0.15, -0.1) is 0 Å². The Kier molecular flexibility index (Phi) is 5.49. The number of aliphatic hydroxyl groups is 1. The lowest BCUT2D eigenvalue weighted by Crippen LogP contribution is -2.49. The molecule has 2 fully saturated rings. The van der Waals surface area contributed by atoms with Gasteiger partial charge >= 0.3 is 0 Å². The highest BCUT2D eigenvalue weighted by molar-refractivity contribution is 4.91. The molecule has 0 spiro atoms. The van der Waals surface area contributed by atoms with Crippen LogP contribution in [0.3, 0.4) is 0 Å². The van der Waals surface area contributed by atoms with Gasteiger partial charge in [-0.25, -0.2) is 0 Å². The second-order valence-corrected chi connectivity index (χ2v) is 7.74. The maximum absolute atomic E-state index is 10.6. The van der Waals surface area contributed by atoms with Crippen LogP contribution in [0, 0.1) is 17.8 Å². The normalized spacial score (nSPS) is 37.5. The Morgan fingerprint density at radius 2 is 1.85 bits per heavy atom. The highest BCUT2D eigenvalue weighted by Crippen LogP contribution is 2.35. The van der Waals surface area contributed by atoms with Gasteiger partial charge in [-0.2, -0.15) is 0 Å². The summed E-state index contributed by atoms with van der Waals surface area (Å²) in [6, 6.07) is 0.634. The van der Waals surface area contributed by atoms with Crippen molar-refractivity contribution >= 4 is 0 Å². The van der Waals surface area contributed by atoms with E-state index in [2.05, 4.69) is 38.2 Å². The van der Waals surface area contributed by atoms with Gasteiger partial charge in [-0.1, -0.05) is 26.7 Å². The van der Waals surface area contributed by atoms with E-state index < -0.39 is 5.60 Å². The molecule has 0 amide bonds. The monoisotopic (exact) mass is 282 g/mol. The van der Waals surface area contributed by atoms with Gasteiger partial charge in [0.1, 0.15) is 0 Å². The molecule has 2 N–H and O–H groups in total. The highest BCUT2D eigenvalue weighted by Gasteiger charge is 2.36. The van der Waals surface area contributed by atoms with Crippen LogP contribution < -0.4 is 5.32 Å². The van der Waals surface area contributed by atoms with Crippen molar-refractivity contribution in [3.63, 3.8) is 0 Å². The molecule has 2 saturated carbocycles. The Bertz CT molecular complexity index is 301. The Hall–Kier alpha value is -0.120. The van der Waals surface area contributed by atoms with Crippen molar-refractivity contribution in [2.24, 2.45) is 17.8 Å². The van der Waals surface area contributed by atoms with Crippen molar-refractivity contribution in [2.75, 3.05) is 27.2 Å². The fraction of sp³-hybridized carbons (Fsp3) is 1.00. The number of hydrogen-bond donors (Lipinski definition) is 2. The summed E-state index contributed by atoms with van der Waals surface area (Å²) in [7, 11) is 4.29. The number of rotatable bonds is 5. The van der Waals surface area contributed by atoms with Gasteiger partial charge in [0.15, 0.2) is 0 Å². The third kappa shape index (κ3) is 3.96. The van der Waals surface area contributed by atoms with Gasteiger partial charge in [-0.05, 0) is 57.5 Å². The van der Waals surface area contributed by atoms with Crippen LogP contribution in [-0.2, 0) is 0 Å². The average Bonchev–Trinajstić information content (AvgIpc) is 2.78. The Labute approximate surface area is 125 Å². The largest absolute Gasteiger partial charge is 0.389 e. The molecule has 3 heteroatoms. The van der Waals surface area contributed by atoms with Gasteiger partial charge < -0.3 is 15.3 Å². The van der Waals surface area contributed by atoms with Gasteiger partial charge in [0.05, 0.1) is 5.60 Å². The summed E-state index contributed by atoms with van der Waals surface area (Å²) in [6.07, 6.45) is 7.01. The molecule has 0 aromatic heterocycles. The molecule has 0 aromatic rings. The van der Waals surface area contributed by atoms with E-state index in [1.165, 1.54) is 25.7 Å². The van der Waals surface area contributed by atoms with Gasteiger partial charge in [0.2, 0.25) is 0 Å². The van der Waals surface area contributed by atoms with Crippen LogP contribution in [0.5, 0.6) is 0 Å². The topological polar surface area (TPSA) is 35.5 Å². The van der Waals surface area contributed by atoms with Gasteiger partial charge in [0.25, 0.3) is 0 Å².